The van der Waals surface area contributed by atoms with E-state index >= 15 is 0 Å². The largest absolute Gasteiger partial charge is 0.333 e. The molecule has 1 aromatic heterocycles. The van der Waals surface area contributed by atoms with E-state index in [1.165, 1.54) is 18.3 Å². The van der Waals surface area contributed by atoms with E-state index in [4.69, 9.17) is 0 Å². The Morgan fingerprint density at radius 1 is 1.50 bits per heavy atom. The van der Waals surface area contributed by atoms with Crippen molar-refractivity contribution in [3.8, 4) is 0 Å². The topological polar surface area (TPSA) is 62.3 Å². The minimum absolute atomic E-state index is 0.0455. The van der Waals surface area contributed by atoms with Crippen molar-refractivity contribution < 1.29 is 9.59 Å². The van der Waals surface area contributed by atoms with Gasteiger partial charge in [-0.05, 0) is 5.92 Å². The number of thiazole rings is 1. The van der Waals surface area contributed by atoms with E-state index in [0.29, 0.717) is 16.7 Å². The maximum absolute atomic E-state index is 12.5. The highest BCUT2D eigenvalue weighted by Crippen LogP contribution is 2.41. The van der Waals surface area contributed by atoms with Crippen LogP contribution in [0.2, 0.25) is 0 Å². The summed E-state index contributed by atoms with van der Waals surface area (Å²) in [4.78, 5) is 29.5. The van der Waals surface area contributed by atoms with Gasteiger partial charge in [-0.1, -0.05) is 27.7 Å². The van der Waals surface area contributed by atoms with Crippen LogP contribution < -0.4 is 5.32 Å². The molecule has 1 saturated heterocycles. The number of aromatic nitrogens is 1. The Labute approximate surface area is 123 Å². The molecule has 2 heterocycles. The third-order valence-corrected chi connectivity index (χ3v) is 4.37. The molecule has 1 unspecified atom stereocenters. The van der Waals surface area contributed by atoms with Crippen LogP contribution in [-0.4, -0.2) is 34.3 Å². The number of nitrogens with zero attached hydrogens (tertiary/aromatic N) is 2. The summed E-state index contributed by atoms with van der Waals surface area (Å²) in [6.07, 6.45) is 0. The van der Waals surface area contributed by atoms with Gasteiger partial charge in [0.1, 0.15) is 5.69 Å². The predicted octanol–water partition coefficient (Wildman–Crippen LogP) is 2.61. The second kappa shape index (κ2) is 5.16. The average molecular weight is 295 g/mol. The summed E-state index contributed by atoms with van der Waals surface area (Å²) in [5.41, 5.74) is 0.570. The van der Waals surface area contributed by atoms with E-state index in [0.717, 1.165) is 6.54 Å². The molecular weight excluding hydrogens is 274 g/mol. The molecule has 0 bridgehead atoms. The van der Waals surface area contributed by atoms with Gasteiger partial charge in [0.05, 0.1) is 0 Å². The fourth-order valence-corrected chi connectivity index (χ4v) is 3.86. The summed E-state index contributed by atoms with van der Waals surface area (Å²) < 4.78 is 0. The summed E-state index contributed by atoms with van der Waals surface area (Å²) in [6, 6.07) is 0.237. The first-order chi connectivity index (χ1) is 9.22. The first-order valence-corrected chi connectivity index (χ1v) is 7.64. The molecular formula is C14H21N3O2S. The van der Waals surface area contributed by atoms with Crippen LogP contribution >= 0.6 is 11.3 Å². The van der Waals surface area contributed by atoms with Crippen LogP contribution in [0.1, 0.15) is 45.1 Å². The Hall–Kier alpha value is -1.43. The Morgan fingerprint density at radius 2 is 2.15 bits per heavy atom. The third-order valence-electron chi connectivity index (χ3n) is 3.61. The number of hydrogen-bond acceptors (Lipinski definition) is 4. The van der Waals surface area contributed by atoms with Gasteiger partial charge in [0.25, 0.3) is 5.91 Å². The highest BCUT2D eigenvalue weighted by atomic mass is 32.1. The van der Waals surface area contributed by atoms with Crippen molar-refractivity contribution in [1.29, 1.82) is 0 Å². The van der Waals surface area contributed by atoms with Gasteiger partial charge in [0.2, 0.25) is 5.91 Å². The maximum atomic E-state index is 12.5. The SMILES string of the molecule is CC(=O)Nc1nc(C(=O)N2CC(C)(C)C2C(C)C)cs1. The summed E-state index contributed by atoms with van der Waals surface area (Å²) in [7, 11) is 0. The molecule has 1 aliphatic heterocycles. The normalized spacial score (nSPS) is 20.7. The van der Waals surface area contributed by atoms with Gasteiger partial charge in [-0.25, -0.2) is 4.98 Å². The Morgan fingerprint density at radius 3 is 2.65 bits per heavy atom. The molecule has 2 amide bonds. The molecule has 20 heavy (non-hydrogen) atoms. The number of carbonyl (C=O) groups is 2. The van der Waals surface area contributed by atoms with Crippen LogP contribution in [0.4, 0.5) is 5.13 Å². The lowest BCUT2D eigenvalue weighted by atomic mass is 9.70. The number of nitrogens with one attached hydrogen (secondary N) is 1. The predicted molar refractivity (Wildman–Crippen MR) is 79.9 cm³/mol. The monoisotopic (exact) mass is 295 g/mol. The van der Waals surface area contributed by atoms with Gasteiger partial charge in [-0.15, -0.1) is 11.3 Å². The third kappa shape index (κ3) is 2.70. The second-order valence-electron chi connectivity index (χ2n) is 6.33. The van der Waals surface area contributed by atoms with E-state index in [9.17, 15) is 9.59 Å². The van der Waals surface area contributed by atoms with Crippen LogP contribution in [0.5, 0.6) is 0 Å². The number of rotatable bonds is 3. The molecule has 0 saturated carbocycles. The van der Waals surface area contributed by atoms with Crippen molar-refractivity contribution in [3.63, 3.8) is 0 Å². The molecule has 5 nitrogen and oxygen atoms in total. The van der Waals surface area contributed by atoms with Crippen molar-refractivity contribution in [2.24, 2.45) is 11.3 Å². The molecule has 1 atom stereocenters. The molecule has 2 rings (SSSR count). The van der Waals surface area contributed by atoms with Crippen molar-refractivity contribution >= 4 is 28.3 Å². The standard InChI is InChI=1S/C14H21N3O2S/c1-8(2)11-14(4,5)7-17(11)12(19)10-6-20-13(16-10)15-9(3)18/h6,8,11H,7H2,1-5H3,(H,15,16,18). The number of carbonyl (C=O) groups excluding carboxylic acids is 2. The lowest BCUT2D eigenvalue weighted by Crippen LogP contribution is -2.65. The molecule has 0 aliphatic carbocycles. The number of likely N-dealkylation sites (tertiary alicyclic amines) is 1. The Kier molecular flexibility index (Phi) is 3.86. The minimum Gasteiger partial charge on any atom is -0.333 e. The van der Waals surface area contributed by atoms with Crippen molar-refractivity contribution in [2.45, 2.75) is 40.7 Å². The maximum Gasteiger partial charge on any atom is 0.273 e. The second-order valence-corrected chi connectivity index (χ2v) is 7.19. The van der Waals surface area contributed by atoms with E-state index in [1.54, 1.807) is 5.38 Å². The summed E-state index contributed by atoms with van der Waals surface area (Å²) in [5.74, 6) is 0.190. The van der Waals surface area contributed by atoms with Crippen LogP contribution in [0.3, 0.4) is 0 Å². The molecule has 1 aromatic rings. The number of amides is 2. The van der Waals surface area contributed by atoms with Gasteiger partial charge in [0, 0.05) is 30.3 Å². The highest BCUT2D eigenvalue weighted by Gasteiger charge is 2.49. The molecule has 6 heteroatoms. The Bertz CT molecular complexity index is 536. The van der Waals surface area contributed by atoms with Crippen molar-refractivity contribution in [2.75, 3.05) is 11.9 Å². The quantitative estimate of drug-likeness (QED) is 0.932. The van der Waals surface area contributed by atoms with Gasteiger partial charge in [-0.3, -0.25) is 9.59 Å². The average Bonchev–Trinajstić information content (AvgIpc) is 2.71. The smallest absolute Gasteiger partial charge is 0.273 e. The van der Waals surface area contributed by atoms with Crippen LogP contribution in [0, 0.1) is 11.3 Å². The van der Waals surface area contributed by atoms with Crippen LogP contribution in [0.15, 0.2) is 5.38 Å². The van der Waals surface area contributed by atoms with Crippen LogP contribution in [0.25, 0.3) is 0 Å². The number of hydrogen-bond donors (Lipinski definition) is 1. The van der Waals surface area contributed by atoms with Gasteiger partial charge < -0.3 is 10.2 Å². The lowest BCUT2D eigenvalue weighted by molar-refractivity contribution is -0.114. The molecule has 0 radical (unpaired) electrons. The molecule has 1 fully saturated rings. The zero-order chi connectivity index (χ0) is 15.1. The molecule has 1 aliphatic rings. The summed E-state index contributed by atoms with van der Waals surface area (Å²) >= 11 is 1.28. The van der Waals surface area contributed by atoms with E-state index in [1.807, 2.05) is 4.90 Å². The van der Waals surface area contributed by atoms with Crippen LogP contribution in [-0.2, 0) is 4.79 Å². The molecule has 110 valence electrons. The van der Waals surface area contributed by atoms with E-state index in [-0.39, 0.29) is 23.3 Å². The van der Waals surface area contributed by atoms with E-state index < -0.39 is 0 Å². The minimum atomic E-state index is -0.177. The lowest BCUT2D eigenvalue weighted by Gasteiger charge is -2.56. The number of anilines is 1. The Balaban J connectivity index is 2.12. The first kappa shape index (κ1) is 15.0. The first-order valence-electron chi connectivity index (χ1n) is 6.76. The summed E-state index contributed by atoms with van der Waals surface area (Å²) in [5, 5.41) is 4.78. The zero-order valence-corrected chi connectivity index (χ0v) is 13.4. The van der Waals surface area contributed by atoms with Gasteiger partial charge in [-0.2, -0.15) is 0 Å². The molecule has 0 aromatic carbocycles. The molecule has 0 spiro atoms. The van der Waals surface area contributed by atoms with Crippen molar-refractivity contribution in [1.82, 2.24) is 9.88 Å². The van der Waals surface area contributed by atoms with E-state index in [2.05, 4.69) is 38.0 Å². The van der Waals surface area contributed by atoms with Gasteiger partial charge >= 0.3 is 0 Å². The summed E-state index contributed by atoms with van der Waals surface area (Å²) in [6.45, 7) is 10.8. The molecule has 1 N–H and O–H groups in total. The fraction of sp³-hybridized carbons (Fsp3) is 0.643. The fourth-order valence-electron chi connectivity index (χ4n) is 3.13. The van der Waals surface area contributed by atoms with Crippen molar-refractivity contribution in [3.05, 3.63) is 11.1 Å². The zero-order valence-electron chi connectivity index (χ0n) is 12.6. The van der Waals surface area contributed by atoms with Gasteiger partial charge in [0.15, 0.2) is 5.13 Å². The highest BCUT2D eigenvalue weighted by molar-refractivity contribution is 7.14.